The van der Waals surface area contributed by atoms with Gasteiger partial charge in [0.25, 0.3) is 0 Å². The summed E-state index contributed by atoms with van der Waals surface area (Å²) in [4.78, 5) is 13.4. The maximum Gasteiger partial charge on any atom is 0.345 e. The maximum absolute atomic E-state index is 12.1. The summed E-state index contributed by atoms with van der Waals surface area (Å²) in [6, 6.07) is 13.6. The Kier molecular flexibility index (Phi) is 2.86. The molecule has 0 radical (unpaired) electrons. The van der Waals surface area contributed by atoms with Gasteiger partial charge in [-0.05, 0) is 23.6 Å². The van der Waals surface area contributed by atoms with Crippen LogP contribution in [0.1, 0.15) is 22.9 Å². The molecule has 3 heterocycles. The molecule has 0 saturated carbocycles. The van der Waals surface area contributed by atoms with Crippen LogP contribution in [0.25, 0.3) is 11.0 Å². The molecule has 0 bridgehead atoms. The molecule has 3 aromatic rings. The Labute approximate surface area is 124 Å². The van der Waals surface area contributed by atoms with E-state index in [2.05, 4.69) is 16.6 Å². The van der Waals surface area contributed by atoms with Crippen molar-refractivity contribution >= 4 is 28.0 Å². The molecule has 4 rings (SSSR count). The molecule has 1 aromatic carbocycles. The molecule has 4 nitrogen and oxygen atoms in total. The Balaban J connectivity index is 1.71. The van der Waals surface area contributed by atoms with Gasteiger partial charge in [0.2, 0.25) is 0 Å². The fourth-order valence-electron chi connectivity index (χ4n) is 2.53. The lowest BCUT2D eigenvalue weighted by Crippen LogP contribution is -2.13. The van der Waals surface area contributed by atoms with Crippen LogP contribution in [-0.4, -0.2) is 5.71 Å². The fraction of sp³-hybridized carbons (Fsp3) is 0.125. The van der Waals surface area contributed by atoms with Crippen LogP contribution in [0.5, 0.6) is 0 Å². The van der Waals surface area contributed by atoms with Crippen LogP contribution in [-0.2, 0) is 0 Å². The van der Waals surface area contributed by atoms with Gasteiger partial charge in [0.05, 0.1) is 17.3 Å². The summed E-state index contributed by atoms with van der Waals surface area (Å²) in [5, 5.41) is 7.28. The van der Waals surface area contributed by atoms with Gasteiger partial charge >= 0.3 is 5.63 Å². The molecule has 1 aliphatic rings. The van der Waals surface area contributed by atoms with E-state index in [-0.39, 0.29) is 11.7 Å². The Bertz CT molecular complexity index is 881. The van der Waals surface area contributed by atoms with E-state index in [4.69, 9.17) is 4.42 Å². The average Bonchev–Trinajstić information content (AvgIpc) is 3.17. The standard InChI is InChI=1S/C16H12N2O2S/c19-16-11(8-10-4-1-2-5-14(10)20-16)12-9-13(18-17-12)15-6-3-7-21-15/h1-8,13,18H,9H2. The minimum absolute atomic E-state index is 0.144. The van der Waals surface area contributed by atoms with Crippen LogP contribution in [0.3, 0.4) is 0 Å². The second kappa shape index (κ2) is 4.86. The topological polar surface area (TPSA) is 54.6 Å². The third kappa shape index (κ3) is 2.15. The van der Waals surface area contributed by atoms with Crippen molar-refractivity contribution in [3.05, 3.63) is 68.7 Å². The number of fused-ring (bicyclic) bond motifs is 1. The van der Waals surface area contributed by atoms with Crippen LogP contribution in [0.2, 0.25) is 0 Å². The SMILES string of the molecule is O=c1oc2ccccc2cc1C1=NNC(c2cccs2)C1. The van der Waals surface area contributed by atoms with Crippen molar-refractivity contribution in [2.24, 2.45) is 5.10 Å². The summed E-state index contributed by atoms with van der Waals surface area (Å²) in [5.74, 6) is 0. The van der Waals surface area contributed by atoms with Crippen LogP contribution >= 0.6 is 11.3 Å². The lowest BCUT2D eigenvalue weighted by Gasteiger charge is -2.06. The molecule has 2 aromatic heterocycles. The summed E-state index contributed by atoms with van der Waals surface area (Å²) in [6.07, 6.45) is 0.698. The molecular formula is C16H12N2O2S. The summed E-state index contributed by atoms with van der Waals surface area (Å²) in [6.45, 7) is 0. The number of nitrogens with zero attached hydrogens (tertiary/aromatic N) is 1. The predicted molar refractivity (Wildman–Crippen MR) is 83.8 cm³/mol. The fourth-order valence-corrected chi connectivity index (χ4v) is 3.30. The molecule has 5 heteroatoms. The Morgan fingerprint density at radius 3 is 3.00 bits per heavy atom. The zero-order valence-electron chi connectivity index (χ0n) is 11.1. The van der Waals surface area contributed by atoms with Crippen LogP contribution in [0, 0.1) is 0 Å². The van der Waals surface area contributed by atoms with Gasteiger partial charge in [-0.2, -0.15) is 5.10 Å². The minimum Gasteiger partial charge on any atom is -0.422 e. The van der Waals surface area contributed by atoms with Crippen molar-refractivity contribution in [2.45, 2.75) is 12.5 Å². The van der Waals surface area contributed by atoms with Gasteiger partial charge in [0.1, 0.15) is 5.58 Å². The first-order valence-corrected chi connectivity index (χ1v) is 7.58. The van der Waals surface area contributed by atoms with Gasteiger partial charge in [-0.25, -0.2) is 4.79 Å². The third-order valence-corrected chi connectivity index (χ3v) is 4.58. The van der Waals surface area contributed by atoms with E-state index in [1.54, 1.807) is 17.4 Å². The highest BCUT2D eigenvalue weighted by atomic mass is 32.1. The van der Waals surface area contributed by atoms with Gasteiger partial charge in [-0.3, -0.25) is 0 Å². The quantitative estimate of drug-likeness (QED) is 0.738. The molecule has 1 aliphatic heterocycles. The molecule has 0 amide bonds. The summed E-state index contributed by atoms with van der Waals surface area (Å²) >= 11 is 1.69. The average molecular weight is 296 g/mol. The molecule has 0 aliphatic carbocycles. The van der Waals surface area contributed by atoms with E-state index in [0.29, 0.717) is 17.6 Å². The van der Waals surface area contributed by atoms with E-state index < -0.39 is 0 Å². The third-order valence-electron chi connectivity index (χ3n) is 3.59. The molecular weight excluding hydrogens is 284 g/mol. The molecule has 0 fully saturated rings. The summed E-state index contributed by atoms with van der Waals surface area (Å²) in [5.41, 5.74) is 4.67. The van der Waals surface area contributed by atoms with E-state index in [0.717, 1.165) is 11.1 Å². The highest BCUT2D eigenvalue weighted by Crippen LogP contribution is 2.27. The van der Waals surface area contributed by atoms with E-state index in [1.165, 1.54) is 4.88 Å². The number of thiophene rings is 1. The largest absolute Gasteiger partial charge is 0.422 e. The van der Waals surface area contributed by atoms with Crippen molar-refractivity contribution in [3.63, 3.8) is 0 Å². The van der Waals surface area contributed by atoms with Crippen molar-refractivity contribution < 1.29 is 4.42 Å². The molecule has 0 spiro atoms. The van der Waals surface area contributed by atoms with Crippen molar-refractivity contribution in [1.29, 1.82) is 0 Å². The Morgan fingerprint density at radius 1 is 1.24 bits per heavy atom. The van der Waals surface area contributed by atoms with Gasteiger partial charge in [-0.1, -0.05) is 24.3 Å². The number of hydrazone groups is 1. The van der Waals surface area contributed by atoms with E-state index in [9.17, 15) is 4.79 Å². The van der Waals surface area contributed by atoms with Crippen LogP contribution in [0.4, 0.5) is 0 Å². The van der Waals surface area contributed by atoms with Gasteiger partial charge in [0, 0.05) is 16.7 Å². The highest BCUT2D eigenvalue weighted by molar-refractivity contribution is 7.10. The number of para-hydroxylation sites is 1. The van der Waals surface area contributed by atoms with Crippen molar-refractivity contribution in [2.75, 3.05) is 0 Å². The van der Waals surface area contributed by atoms with E-state index >= 15 is 0 Å². The zero-order chi connectivity index (χ0) is 14.2. The second-order valence-electron chi connectivity index (χ2n) is 4.95. The van der Waals surface area contributed by atoms with Gasteiger partial charge < -0.3 is 9.84 Å². The molecule has 1 atom stereocenters. The lowest BCUT2D eigenvalue weighted by molar-refractivity contribution is 0.559. The first-order valence-electron chi connectivity index (χ1n) is 6.70. The molecule has 104 valence electrons. The minimum atomic E-state index is -0.332. The monoisotopic (exact) mass is 296 g/mol. The normalized spacial score (nSPS) is 17.7. The zero-order valence-corrected chi connectivity index (χ0v) is 11.9. The number of hydrogen-bond acceptors (Lipinski definition) is 5. The number of benzene rings is 1. The van der Waals surface area contributed by atoms with E-state index in [1.807, 2.05) is 35.7 Å². The Hall–Kier alpha value is -2.40. The highest BCUT2D eigenvalue weighted by Gasteiger charge is 2.24. The predicted octanol–water partition coefficient (Wildman–Crippen LogP) is 3.29. The lowest BCUT2D eigenvalue weighted by atomic mass is 10.0. The van der Waals surface area contributed by atoms with Gasteiger partial charge in [0.15, 0.2) is 0 Å². The summed E-state index contributed by atoms with van der Waals surface area (Å²) < 4.78 is 5.37. The molecule has 1 N–H and O–H groups in total. The first kappa shape index (κ1) is 12.3. The Morgan fingerprint density at radius 2 is 2.14 bits per heavy atom. The first-order chi connectivity index (χ1) is 10.3. The number of hydrogen-bond donors (Lipinski definition) is 1. The second-order valence-corrected chi connectivity index (χ2v) is 5.92. The maximum atomic E-state index is 12.1. The smallest absolute Gasteiger partial charge is 0.345 e. The van der Waals surface area contributed by atoms with Gasteiger partial charge in [-0.15, -0.1) is 11.3 Å². The molecule has 0 saturated heterocycles. The van der Waals surface area contributed by atoms with Crippen LogP contribution in [0.15, 0.2) is 62.2 Å². The summed E-state index contributed by atoms with van der Waals surface area (Å²) in [7, 11) is 0. The number of nitrogens with one attached hydrogen (secondary N) is 1. The number of rotatable bonds is 2. The van der Waals surface area contributed by atoms with Crippen molar-refractivity contribution in [1.82, 2.24) is 5.43 Å². The van der Waals surface area contributed by atoms with Crippen LogP contribution < -0.4 is 11.1 Å². The molecule has 21 heavy (non-hydrogen) atoms. The molecule has 1 unspecified atom stereocenters. The van der Waals surface area contributed by atoms with Crippen molar-refractivity contribution in [3.8, 4) is 0 Å².